The van der Waals surface area contributed by atoms with Gasteiger partial charge in [-0.15, -0.1) is 0 Å². The summed E-state index contributed by atoms with van der Waals surface area (Å²) < 4.78 is 10.8. The molecule has 2 fully saturated rings. The summed E-state index contributed by atoms with van der Waals surface area (Å²) in [5.41, 5.74) is 8.92. The molecule has 0 radical (unpaired) electrons. The van der Waals surface area contributed by atoms with Crippen LogP contribution in [0.25, 0.3) is 0 Å². The number of benzene rings is 2. The Balaban J connectivity index is 1.07. The van der Waals surface area contributed by atoms with Gasteiger partial charge in [-0.25, -0.2) is 9.59 Å². The number of allylic oxidation sites excluding steroid dienone is 2. The van der Waals surface area contributed by atoms with Gasteiger partial charge in [0.15, 0.2) is 0 Å². The highest BCUT2D eigenvalue weighted by Crippen LogP contribution is 2.67. The fourth-order valence-electron chi connectivity index (χ4n) is 13.1. The van der Waals surface area contributed by atoms with E-state index in [2.05, 4.69) is 69.0 Å². The number of carbonyl (C=O) groups is 2. The molecule has 10 heteroatoms. The number of nitrogens with one attached hydrogen (secondary N) is 2. The van der Waals surface area contributed by atoms with Crippen molar-refractivity contribution < 1.29 is 29.3 Å². The van der Waals surface area contributed by atoms with Gasteiger partial charge in [0.05, 0.1) is 42.2 Å². The number of hydrogen-bond acceptors (Lipinski definition) is 10. The molecule has 0 aromatic heterocycles. The number of rotatable bonds is 8. The van der Waals surface area contributed by atoms with Crippen molar-refractivity contribution in [3.05, 3.63) is 106 Å². The molecule has 6 unspecified atom stereocenters. The third-order valence-corrected chi connectivity index (χ3v) is 14.6. The standard InChI is InChI=1S/C43H48N4O6/c1-52-36(50)28-23-40(15-19-48)12-11-27(47-18-14-43(39(40)47)31-8-4-6-10-33(31)45-35(28)43)21-26-22-41(16-20-49)24-29(37(51)53-2)34-42(13-17-46(25-26)38(41)42)30-7-3-5-9-32(30)44-34/h3-11,22,38-39,44-45,48-49H,12-21,23-25H2,1-2H3. The van der Waals surface area contributed by atoms with Crippen LogP contribution in [-0.4, -0.2) is 91.1 Å². The third-order valence-electron chi connectivity index (χ3n) is 14.6. The molecule has 53 heavy (non-hydrogen) atoms. The van der Waals surface area contributed by atoms with Gasteiger partial charge in [0, 0.05) is 84.6 Å². The lowest BCUT2D eigenvalue weighted by molar-refractivity contribution is -0.138. The van der Waals surface area contributed by atoms with Gasteiger partial charge in [-0.05, 0) is 68.2 Å². The lowest BCUT2D eigenvalue weighted by Gasteiger charge is -2.57. The zero-order chi connectivity index (χ0) is 36.3. The largest absolute Gasteiger partial charge is 0.466 e. The highest BCUT2D eigenvalue weighted by atomic mass is 16.5. The maximum atomic E-state index is 13.6. The Bertz CT molecular complexity index is 2090. The normalized spacial score (nSPS) is 34.2. The lowest BCUT2D eigenvalue weighted by atomic mass is 9.53. The second-order valence-corrected chi connectivity index (χ2v) is 16.7. The topological polar surface area (TPSA) is 124 Å². The smallest absolute Gasteiger partial charge is 0.335 e. The Morgan fingerprint density at radius 2 is 1.42 bits per heavy atom. The second kappa shape index (κ2) is 11.6. The predicted molar refractivity (Wildman–Crippen MR) is 200 cm³/mol. The fourth-order valence-corrected chi connectivity index (χ4v) is 13.1. The van der Waals surface area contributed by atoms with Gasteiger partial charge in [-0.2, -0.15) is 0 Å². The Hall–Kier alpha value is -4.38. The van der Waals surface area contributed by atoms with Crippen molar-refractivity contribution in [1.82, 2.24) is 9.80 Å². The lowest BCUT2D eigenvalue weighted by Crippen LogP contribution is -2.60. The Labute approximate surface area is 310 Å². The molecule has 0 bridgehead atoms. The van der Waals surface area contributed by atoms with Crippen LogP contribution >= 0.6 is 0 Å². The van der Waals surface area contributed by atoms with Crippen molar-refractivity contribution in [2.45, 2.75) is 74.3 Å². The maximum absolute atomic E-state index is 13.6. The van der Waals surface area contributed by atoms with Crippen LogP contribution in [0, 0.1) is 10.8 Å². The molecule has 8 aliphatic rings. The van der Waals surface area contributed by atoms with Crippen molar-refractivity contribution >= 4 is 23.3 Å². The molecule has 10 nitrogen and oxygen atoms in total. The van der Waals surface area contributed by atoms with E-state index in [-0.39, 0.29) is 48.1 Å². The number of ether oxygens (including phenoxy) is 2. The monoisotopic (exact) mass is 716 g/mol. The summed E-state index contributed by atoms with van der Waals surface area (Å²) in [5.74, 6) is -0.593. The molecule has 2 aliphatic carbocycles. The number of para-hydroxylation sites is 2. The first kappa shape index (κ1) is 33.2. The van der Waals surface area contributed by atoms with E-state index in [1.165, 1.54) is 36.6 Å². The zero-order valence-corrected chi connectivity index (χ0v) is 30.5. The van der Waals surface area contributed by atoms with Crippen LogP contribution in [0.2, 0.25) is 0 Å². The summed E-state index contributed by atoms with van der Waals surface area (Å²) in [6, 6.07) is 17.1. The highest BCUT2D eigenvalue weighted by Gasteiger charge is 2.68. The predicted octanol–water partition coefficient (Wildman–Crippen LogP) is 4.88. The number of anilines is 2. The Morgan fingerprint density at radius 3 is 2.06 bits per heavy atom. The van der Waals surface area contributed by atoms with Crippen LogP contribution in [0.5, 0.6) is 0 Å². The van der Waals surface area contributed by atoms with Crippen molar-refractivity contribution in [3.63, 3.8) is 0 Å². The molecule has 0 saturated carbocycles. The fraction of sp³-hybridized carbons (Fsp3) is 0.488. The molecule has 2 aromatic carbocycles. The van der Waals surface area contributed by atoms with Crippen molar-refractivity contribution in [2.24, 2.45) is 10.8 Å². The second-order valence-electron chi connectivity index (χ2n) is 16.7. The van der Waals surface area contributed by atoms with Crippen molar-refractivity contribution in [2.75, 3.05) is 57.7 Å². The SMILES string of the molecule is COC(=O)C1=C2Nc3ccccc3C23CCN2CC(CC4=CCC5(CCO)CC(C(=O)OC)=C6Nc7ccccc7C67CCN4C57)=CC(CCO)(C1)C23. The first-order valence-electron chi connectivity index (χ1n) is 19.3. The zero-order valence-electron chi connectivity index (χ0n) is 30.5. The van der Waals surface area contributed by atoms with Crippen molar-refractivity contribution in [1.29, 1.82) is 0 Å². The van der Waals surface area contributed by atoms with E-state index in [1.807, 2.05) is 12.1 Å². The summed E-state index contributed by atoms with van der Waals surface area (Å²) >= 11 is 0. The third kappa shape index (κ3) is 4.15. The van der Waals surface area contributed by atoms with Crippen molar-refractivity contribution in [3.8, 4) is 0 Å². The Morgan fingerprint density at radius 1 is 0.811 bits per heavy atom. The molecule has 10 rings (SSSR count). The van der Waals surface area contributed by atoms with E-state index in [4.69, 9.17) is 9.47 Å². The number of hydrogen-bond donors (Lipinski definition) is 4. The van der Waals surface area contributed by atoms with Gasteiger partial charge in [0.25, 0.3) is 0 Å². The van der Waals surface area contributed by atoms with E-state index < -0.39 is 10.8 Å². The van der Waals surface area contributed by atoms with Crippen LogP contribution in [0.1, 0.15) is 62.5 Å². The minimum absolute atomic E-state index is 0.0240. The molecular formula is C43H48N4O6. The summed E-state index contributed by atoms with van der Waals surface area (Å²) in [6.07, 6.45) is 10.3. The minimum Gasteiger partial charge on any atom is -0.466 e. The van der Waals surface area contributed by atoms with Crippen LogP contribution in [0.15, 0.2) is 94.5 Å². The van der Waals surface area contributed by atoms with Gasteiger partial charge in [0.1, 0.15) is 0 Å². The average molecular weight is 717 g/mol. The molecule has 6 atom stereocenters. The molecule has 4 N–H and O–H groups in total. The number of carbonyl (C=O) groups excluding carboxylic acids is 2. The number of methoxy groups -OCH3 is 2. The van der Waals surface area contributed by atoms with E-state index in [0.717, 1.165) is 68.1 Å². The molecular weight excluding hydrogens is 668 g/mol. The van der Waals surface area contributed by atoms with Gasteiger partial charge in [0.2, 0.25) is 0 Å². The van der Waals surface area contributed by atoms with Crippen LogP contribution in [0.4, 0.5) is 11.4 Å². The number of esters is 2. The van der Waals surface area contributed by atoms with Crippen LogP contribution in [0.3, 0.4) is 0 Å². The summed E-state index contributed by atoms with van der Waals surface area (Å²) in [7, 11) is 2.93. The Kier molecular flexibility index (Phi) is 7.24. The minimum atomic E-state index is -0.461. The first-order valence-corrected chi connectivity index (χ1v) is 19.3. The van der Waals surface area contributed by atoms with Gasteiger partial charge in [-0.3, -0.25) is 4.90 Å². The molecule has 2 saturated heterocycles. The molecule has 6 aliphatic heterocycles. The van der Waals surface area contributed by atoms with Gasteiger partial charge >= 0.3 is 11.9 Å². The highest BCUT2D eigenvalue weighted by molar-refractivity contribution is 5.94. The van der Waals surface area contributed by atoms with Gasteiger partial charge < -0.3 is 35.2 Å². The molecule has 2 spiro atoms. The summed E-state index contributed by atoms with van der Waals surface area (Å²) in [6.45, 7) is 2.63. The first-order chi connectivity index (χ1) is 25.8. The van der Waals surface area contributed by atoms with Crippen LogP contribution in [-0.2, 0) is 29.9 Å². The van der Waals surface area contributed by atoms with E-state index >= 15 is 0 Å². The van der Waals surface area contributed by atoms with Gasteiger partial charge in [-0.1, -0.05) is 54.1 Å². The molecule has 6 heterocycles. The average Bonchev–Trinajstić information content (AvgIpc) is 3.94. The summed E-state index contributed by atoms with van der Waals surface area (Å²) in [4.78, 5) is 32.4. The molecule has 2 aromatic rings. The number of aliphatic hydroxyl groups excluding tert-OH is 2. The molecule has 276 valence electrons. The van der Waals surface area contributed by atoms with E-state index in [9.17, 15) is 19.8 Å². The summed E-state index contributed by atoms with van der Waals surface area (Å²) in [5, 5.41) is 28.7. The maximum Gasteiger partial charge on any atom is 0.335 e. The quantitative estimate of drug-likeness (QED) is 0.222. The number of nitrogens with zero attached hydrogens (tertiary/aromatic N) is 2. The number of aliphatic hydroxyl groups is 2. The van der Waals surface area contributed by atoms with Crippen LogP contribution < -0.4 is 10.6 Å². The molecule has 0 amide bonds. The van der Waals surface area contributed by atoms with E-state index in [0.29, 0.717) is 36.8 Å². The number of fused-ring (bicyclic) bond motifs is 2. The van der Waals surface area contributed by atoms with E-state index in [1.54, 1.807) is 0 Å².